The number of hydrogen-bond acceptors (Lipinski definition) is 4. The van der Waals surface area contributed by atoms with E-state index in [0.29, 0.717) is 36.9 Å². The van der Waals surface area contributed by atoms with Gasteiger partial charge in [0.05, 0.1) is 12.2 Å². The van der Waals surface area contributed by atoms with Crippen molar-refractivity contribution in [2.24, 2.45) is 5.92 Å². The lowest BCUT2D eigenvalue weighted by Gasteiger charge is -2.24. The summed E-state index contributed by atoms with van der Waals surface area (Å²) in [6, 6.07) is 1.64. The van der Waals surface area contributed by atoms with Crippen molar-refractivity contribution >= 4 is 11.6 Å². The van der Waals surface area contributed by atoms with Crippen molar-refractivity contribution < 1.29 is 9.53 Å². The minimum atomic E-state index is -0.0913. The maximum atomic E-state index is 12.4. The Hall–Kier alpha value is -1.62. The third kappa shape index (κ3) is 4.00. The van der Waals surface area contributed by atoms with Gasteiger partial charge in [-0.3, -0.25) is 9.78 Å². The third-order valence-electron chi connectivity index (χ3n) is 2.52. The van der Waals surface area contributed by atoms with E-state index in [-0.39, 0.29) is 5.91 Å². The third-order valence-corrected chi connectivity index (χ3v) is 2.52. The second-order valence-corrected chi connectivity index (χ2v) is 4.60. The van der Waals surface area contributed by atoms with Gasteiger partial charge < -0.3 is 15.4 Å². The Balaban J connectivity index is 2.84. The average molecular weight is 251 g/mol. The van der Waals surface area contributed by atoms with E-state index in [2.05, 4.69) is 18.8 Å². The quantitative estimate of drug-likeness (QED) is 0.830. The summed E-state index contributed by atoms with van der Waals surface area (Å²) in [6.07, 6.45) is 3.09. The lowest BCUT2D eigenvalue weighted by Crippen LogP contribution is -2.37. The largest absolute Gasteiger partial charge is 0.398 e. The molecule has 1 aromatic rings. The molecule has 0 spiro atoms. The van der Waals surface area contributed by atoms with E-state index in [4.69, 9.17) is 10.5 Å². The number of carbonyl (C=O) groups is 1. The zero-order valence-electron chi connectivity index (χ0n) is 11.2. The number of nitrogens with zero attached hydrogens (tertiary/aromatic N) is 2. The van der Waals surface area contributed by atoms with Crippen molar-refractivity contribution in [3.63, 3.8) is 0 Å². The molecule has 0 aliphatic heterocycles. The molecule has 5 heteroatoms. The van der Waals surface area contributed by atoms with E-state index in [1.54, 1.807) is 24.3 Å². The summed E-state index contributed by atoms with van der Waals surface area (Å²) < 4.78 is 5.03. The van der Waals surface area contributed by atoms with Gasteiger partial charge in [0.15, 0.2) is 0 Å². The number of nitrogens with two attached hydrogens (primary N) is 1. The van der Waals surface area contributed by atoms with Crippen molar-refractivity contribution in [1.29, 1.82) is 0 Å². The summed E-state index contributed by atoms with van der Waals surface area (Å²) in [7, 11) is 1.62. The minimum Gasteiger partial charge on any atom is -0.398 e. The summed E-state index contributed by atoms with van der Waals surface area (Å²) in [4.78, 5) is 18.1. The molecule has 1 amide bonds. The Labute approximate surface area is 108 Å². The summed E-state index contributed by atoms with van der Waals surface area (Å²) in [5.74, 6) is 0.301. The highest BCUT2D eigenvalue weighted by molar-refractivity contribution is 5.98. The Morgan fingerprint density at radius 1 is 1.56 bits per heavy atom. The van der Waals surface area contributed by atoms with E-state index in [1.165, 1.54) is 6.20 Å². The number of methoxy groups -OCH3 is 1. The predicted octanol–water partition coefficient (Wildman–Crippen LogP) is 1.41. The highest BCUT2D eigenvalue weighted by Gasteiger charge is 2.18. The molecule has 0 bridgehead atoms. The van der Waals surface area contributed by atoms with Crippen LogP contribution in [0.5, 0.6) is 0 Å². The van der Waals surface area contributed by atoms with Crippen LogP contribution in [0.3, 0.4) is 0 Å². The van der Waals surface area contributed by atoms with Crippen LogP contribution in [0.25, 0.3) is 0 Å². The Morgan fingerprint density at radius 2 is 2.28 bits per heavy atom. The summed E-state index contributed by atoms with van der Waals surface area (Å²) in [6.45, 7) is 5.89. The maximum Gasteiger partial charge on any atom is 0.257 e. The predicted molar refractivity (Wildman–Crippen MR) is 71.3 cm³/mol. The molecule has 0 aliphatic carbocycles. The van der Waals surface area contributed by atoms with Crippen molar-refractivity contribution in [3.8, 4) is 0 Å². The summed E-state index contributed by atoms with van der Waals surface area (Å²) in [5.41, 5.74) is 6.71. The topological polar surface area (TPSA) is 68.5 Å². The molecule has 1 aromatic heterocycles. The highest BCUT2D eigenvalue weighted by atomic mass is 16.5. The van der Waals surface area contributed by atoms with Crippen LogP contribution in [0.1, 0.15) is 24.2 Å². The number of nitrogen functional groups attached to an aromatic ring is 1. The smallest absolute Gasteiger partial charge is 0.257 e. The molecule has 0 unspecified atom stereocenters. The first-order chi connectivity index (χ1) is 8.56. The molecule has 0 aliphatic rings. The van der Waals surface area contributed by atoms with Crippen LogP contribution < -0.4 is 5.73 Å². The van der Waals surface area contributed by atoms with Gasteiger partial charge in [-0.2, -0.15) is 0 Å². The fourth-order valence-electron chi connectivity index (χ4n) is 1.67. The van der Waals surface area contributed by atoms with Gasteiger partial charge in [-0.15, -0.1) is 0 Å². The monoisotopic (exact) mass is 251 g/mol. The zero-order valence-corrected chi connectivity index (χ0v) is 11.2. The minimum absolute atomic E-state index is 0.0913. The number of rotatable bonds is 6. The highest BCUT2D eigenvalue weighted by Crippen LogP contribution is 2.13. The van der Waals surface area contributed by atoms with Crippen LogP contribution in [0.4, 0.5) is 5.69 Å². The molecule has 18 heavy (non-hydrogen) atoms. The number of anilines is 1. The summed E-state index contributed by atoms with van der Waals surface area (Å²) >= 11 is 0. The molecule has 0 aromatic carbocycles. The van der Waals surface area contributed by atoms with Crippen molar-refractivity contribution in [1.82, 2.24) is 9.88 Å². The van der Waals surface area contributed by atoms with Crippen LogP contribution in [0, 0.1) is 5.92 Å². The van der Waals surface area contributed by atoms with Crippen LogP contribution in [0.2, 0.25) is 0 Å². The van der Waals surface area contributed by atoms with Gasteiger partial charge in [-0.1, -0.05) is 13.8 Å². The molecule has 0 saturated heterocycles. The number of amides is 1. The van der Waals surface area contributed by atoms with Crippen molar-refractivity contribution in [2.75, 3.05) is 32.5 Å². The van der Waals surface area contributed by atoms with Crippen LogP contribution in [0.15, 0.2) is 18.5 Å². The molecule has 1 heterocycles. The molecule has 0 saturated carbocycles. The van der Waals surface area contributed by atoms with Crippen LogP contribution in [-0.2, 0) is 4.74 Å². The first-order valence-electron chi connectivity index (χ1n) is 6.04. The molecular formula is C13H21N3O2. The molecule has 0 fully saturated rings. The molecule has 2 N–H and O–H groups in total. The van der Waals surface area contributed by atoms with Gasteiger partial charge in [0.25, 0.3) is 5.91 Å². The Kier molecular flexibility index (Phi) is 5.58. The maximum absolute atomic E-state index is 12.4. The molecule has 5 nitrogen and oxygen atoms in total. The number of hydrogen-bond donors (Lipinski definition) is 1. The van der Waals surface area contributed by atoms with Gasteiger partial charge in [0.2, 0.25) is 0 Å². The van der Waals surface area contributed by atoms with Gasteiger partial charge in [-0.05, 0) is 12.0 Å². The molecular weight excluding hydrogens is 230 g/mol. The van der Waals surface area contributed by atoms with Crippen LogP contribution in [-0.4, -0.2) is 42.6 Å². The Bertz CT molecular complexity index is 394. The van der Waals surface area contributed by atoms with Crippen molar-refractivity contribution in [3.05, 3.63) is 24.0 Å². The number of ether oxygens (including phenoxy) is 1. The van der Waals surface area contributed by atoms with Gasteiger partial charge in [0, 0.05) is 38.3 Å². The number of aromatic nitrogens is 1. The fourth-order valence-corrected chi connectivity index (χ4v) is 1.67. The van der Waals surface area contributed by atoms with Gasteiger partial charge in [0.1, 0.15) is 0 Å². The molecule has 0 radical (unpaired) electrons. The molecule has 0 atom stereocenters. The zero-order chi connectivity index (χ0) is 13.5. The normalized spacial score (nSPS) is 10.7. The number of pyridine rings is 1. The van der Waals surface area contributed by atoms with Gasteiger partial charge >= 0.3 is 0 Å². The Morgan fingerprint density at radius 3 is 2.83 bits per heavy atom. The molecule has 1 rings (SSSR count). The molecule has 100 valence electrons. The van der Waals surface area contributed by atoms with E-state index >= 15 is 0 Å². The number of carbonyl (C=O) groups excluding carboxylic acids is 1. The second kappa shape index (κ2) is 6.96. The standard InChI is InChI=1S/C13H21N3O2/c1-10(2)9-16(6-7-18-3)13(17)11-8-15-5-4-12(11)14/h4-5,8,10H,6-7,9H2,1-3H3,(H2,14,15). The van der Waals surface area contributed by atoms with E-state index < -0.39 is 0 Å². The van der Waals surface area contributed by atoms with Crippen molar-refractivity contribution in [2.45, 2.75) is 13.8 Å². The van der Waals surface area contributed by atoms with Gasteiger partial charge in [-0.25, -0.2) is 0 Å². The van der Waals surface area contributed by atoms with E-state index in [1.807, 2.05) is 0 Å². The first kappa shape index (κ1) is 14.4. The lowest BCUT2D eigenvalue weighted by molar-refractivity contribution is 0.0673. The van der Waals surface area contributed by atoms with E-state index in [9.17, 15) is 4.79 Å². The van der Waals surface area contributed by atoms with E-state index in [0.717, 1.165) is 0 Å². The SMILES string of the molecule is COCCN(CC(C)C)C(=O)c1cnccc1N. The fraction of sp³-hybridized carbons (Fsp3) is 0.538. The summed E-state index contributed by atoms with van der Waals surface area (Å²) in [5, 5.41) is 0. The lowest BCUT2D eigenvalue weighted by atomic mass is 10.1. The second-order valence-electron chi connectivity index (χ2n) is 4.60. The van der Waals surface area contributed by atoms with Crippen LogP contribution >= 0.6 is 0 Å². The average Bonchev–Trinajstić information content (AvgIpc) is 2.34. The first-order valence-corrected chi connectivity index (χ1v) is 6.04.